The van der Waals surface area contributed by atoms with Crippen LogP contribution in [-0.4, -0.2) is 37.8 Å². The molecule has 1 saturated heterocycles. The van der Waals surface area contributed by atoms with Crippen LogP contribution in [0.3, 0.4) is 0 Å². The third-order valence-corrected chi connectivity index (χ3v) is 6.61. The number of likely N-dealkylation sites (tertiary alicyclic amines) is 1. The zero-order valence-corrected chi connectivity index (χ0v) is 15.8. The lowest BCUT2D eigenvalue weighted by Crippen LogP contribution is -2.53. The summed E-state index contributed by atoms with van der Waals surface area (Å²) in [6.45, 7) is 0.751. The second-order valence-electron chi connectivity index (χ2n) is 7.27. The van der Waals surface area contributed by atoms with E-state index < -0.39 is 21.2 Å². The summed E-state index contributed by atoms with van der Waals surface area (Å²) in [6.07, 6.45) is 5.70. The van der Waals surface area contributed by atoms with Crippen LogP contribution in [0.25, 0.3) is 0 Å². The molecule has 1 aliphatic carbocycles. The van der Waals surface area contributed by atoms with Crippen molar-refractivity contribution >= 4 is 25.8 Å². The highest BCUT2D eigenvalue weighted by atomic mass is 35.7. The predicted octanol–water partition coefficient (Wildman–Crippen LogP) is 3.92. The molecule has 1 saturated carbocycles. The van der Waals surface area contributed by atoms with Crippen LogP contribution in [0.5, 0.6) is 0 Å². The van der Waals surface area contributed by atoms with Crippen LogP contribution in [0.1, 0.15) is 44.1 Å². The van der Waals surface area contributed by atoms with Gasteiger partial charge in [-0.2, -0.15) is 0 Å². The average molecular weight is 386 g/mol. The normalized spacial score (nSPS) is 22.9. The molecule has 0 bridgehead atoms. The van der Waals surface area contributed by atoms with Gasteiger partial charge in [-0.15, -0.1) is 0 Å². The summed E-state index contributed by atoms with van der Waals surface area (Å²) in [6, 6.07) is 9.06. The average Bonchev–Trinajstić information content (AvgIpc) is 3.02. The van der Waals surface area contributed by atoms with Crippen LogP contribution in [0.4, 0.5) is 4.79 Å². The van der Waals surface area contributed by atoms with Gasteiger partial charge in [0, 0.05) is 17.2 Å². The molecular formula is C18H24ClNO4S. The smallest absolute Gasteiger partial charge is 0.410 e. The molecule has 0 aromatic heterocycles. The summed E-state index contributed by atoms with van der Waals surface area (Å²) in [5, 5.41) is 0. The molecule has 25 heavy (non-hydrogen) atoms. The molecule has 1 unspecified atom stereocenters. The Kier molecular flexibility index (Phi) is 5.58. The van der Waals surface area contributed by atoms with Gasteiger partial charge >= 0.3 is 6.09 Å². The van der Waals surface area contributed by atoms with E-state index in [2.05, 4.69) is 0 Å². The molecule has 2 aliphatic rings. The molecular weight excluding hydrogens is 362 g/mol. The van der Waals surface area contributed by atoms with E-state index in [1.54, 1.807) is 4.90 Å². The van der Waals surface area contributed by atoms with Crippen LogP contribution in [0, 0.1) is 5.41 Å². The number of carbonyl (C=O) groups excluding carboxylic acids is 1. The van der Waals surface area contributed by atoms with Gasteiger partial charge in [0.05, 0.1) is 11.8 Å². The monoisotopic (exact) mass is 385 g/mol. The van der Waals surface area contributed by atoms with Gasteiger partial charge in [-0.25, -0.2) is 13.2 Å². The highest BCUT2D eigenvalue weighted by Crippen LogP contribution is 2.46. The first-order valence-electron chi connectivity index (χ1n) is 8.77. The highest BCUT2D eigenvalue weighted by molar-refractivity contribution is 8.13. The molecule has 1 aromatic carbocycles. The van der Waals surface area contributed by atoms with Gasteiger partial charge in [-0.3, -0.25) is 0 Å². The standard InChI is InChI=1S/C18H24ClNO4S/c19-25(22,23)13-16-8-11-18(9-4-5-10-18)14-20(16)17(21)24-12-15-6-2-1-3-7-15/h1-3,6-7,16H,4-5,8-14H2. The third kappa shape index (κ3) is 4.88. The molecule has 0 N–H and O–H groups in total. The highest BCUT2D eigenvalue weighted by Gasteiger charge is 2.44. The number of carbonyl (C=O) groups is 1. The Morgan fingerprint density at radius 3 is 2.52 bits per heavy atom. The molecule has 1 spiro atoms. The first kappa shape index (κ1) is 18.5. The molecule has 1 aliphatic heterocycles. The molecule has 7 heteroatoms. The lowest BCUT2D eigenvalue weighted by atomic mass is 9.77. The topological polar surface area (TPSA) is 63.7 Å². The molecule has 1 amide bonds. The number of ether oxygens (including phenoxy) is 1. The van der Waals surface area contributed by atoms with Crippen LogP contribution >= 0.6 is 10.7 Å². The Morgan fingerprint density at radius 1 is 1.20 bits per heavy atom. The Hall–Kier alpha value is -1.27. The molecule has 2 fully saturated rings. The Morgan fingerprint density at radius 2 is 1.88 bits per heavy atom. The number of halogens is 1. The van der Waals surface area contributed by atoms with Gasteiger partial charge in [0.1, 0.15) is 6.61 Å². The predicted molar refractivity (Wildman–Crippen MR) is 96.9 cm³/mol. The van der Waals surface area contributed by atoms with E-state index in [1.165, 1.54) is 12.8 Å². The Bertz CT molecular complexity index is 701. The second kappa shape index (κ2) is 7.54. The summed E-state index contributed by atoms with van der Waals surface area (Å²) in [7, 11) is 1.78. The number of benzene rings is 1. The number of piperidine rings is 1. The molecule has 1 atom stereocenters. The number of hydrogen-bond donors (Lipinski definition) is 0. The summed E-state index contributed by atoms with van der Waals surface area (Å²) < 4.78 is 28.6. The molecule has 1 heterocycles. The van der Waals surface area contributed by atoms with Gasteiger partial charge in [0.2, 0.25) is 9.05 Å². The van der Waals surface area contributed by atoms with Crippen molar-refractivity contribution < 1.29 is 17.9 Å². The molecule has 138 valence electrons. The fraction of sp³-hybridized carbons (Fsp3) is 0.611. The summed E-state index contributed by atoms with van der Waals surface area (Å²) in [5.41, 5.74) is 1.03. The van der Waals surface area contributed by atoms with Crippen molar-refractivity contribution in [2.24, 2.45) is 5.41 Å². The van der Waals surface area contributed by atoms with Gasteiger partial charge in [0.15, 0.2) is 0 Å². The zero-order chi connectivity index (χ0) is 17.9. The van der Waals surface area contributed by atoms with E-state index in [4.69, 9.17) is 15.4 Å². The maximum Gasteiger partial charge on any atom is 0.410 e. The van der Waals surface area contributed by atoms with Crippen LogP contribution in [-0.2, 0) is 20.4 Å². The molecule has 5 nitrogen and oxygen atoms in total. The number of rotatable bonds is 4. The van der Waals surface area contributed by atoms with Crippen molar-refractivity contribution in [2.75, 3.05) is 12.3 Å². The van der Waals surface area contributed by atoms with Crippen LogP contribution in [0.15, 0.2) is 30.3 Å². The van der Waals surface area contributed by atoms with Crippen molar-refractivity contribution in [3.63, 3.8) is 0 Å². The Labute approximate surface area is 153 Å². The van der Waals surface area contributed by atoms with Crippen LogP contribution < -0.4 is 0 Å². The fourth-order valence-electron chi connectivity index (χ4n) is 4.15. The number of nitrogens with zero attached hydrogens (tertiary/aromatic N) is 1. The minimum Gasteiger partial charge on any atom is -0.445 e. The fourth-order valence-corrected chi connectivity index (χ4v) is 5.39. The number of hydrogen-bond acceptors (Lipinski definition) is 4. The van der Waals surface area contributed by atoms with Crippen molar-refractivity contribution in [2.45, 2.75) is 51.2 Å². The summed E-state index contributed by atoms with van der Waals surface area (Å²) >= 11 is 0. The van der Waals surface area contributed by atoms with Gasteiger partial charge in [0.25, 0.3) is 0 Å². The summed E-state index contributed by atoms with van der Waals surface area (Å²) in [4.78, 5) is 14.3. The minimum atomic E-state index is -3.67. The van der Waals surface area contributed by atoms with Crippen molar-refractivity contribution in [1.29, 1.82) is 0 Å². The number of amides is 1. The van der Waals surface area contributed by atoms with Crippen molar-refractivity contribution in [3.8, 4) is 0 Å². The third-order valence-electron chi connectivity index (χ3n) is 5.45. The SMILES string of the molecule is O=C(OCc1ccccc1)N1CC2(CCCC2)CCC1CS(=O)(=O)Cl. The maximum absolute atomic E-state index is 12.7. The minimum absolute atomic E-state index is 0.123. The Balaban J connectivity index is 1.70. The van der Waals surface area contributed by atoms with Gasteiger partial charge in [-0.1, -0.05) is 43.2 Å². The summed E-state index contributed by atoms with van der Waals surface area (Å²) in [5.74, 6) is -0.217. The molecule has 3 rings (SSSR count). The van der Waals surface area contributed by atoms with Gasteiger partial charge < -0.3 is 9.64 Å². The quantitative estimate of drug-likeness (QED) is 0.737. The van der Waals surface area contributed by atoms with E-state index in [-0.39, 0.29) is 17.8 Å². The van der Waals surface area contributed by atoms with E-state index >= 15 is 0 Å². The van der Waals surface area contributed by atoms with E-state index in [1.807, 2.05) is 30.3 Å². The van der Waals surface area contributed by atoms with Crippen molar-refractivity contribution in [3.05, 3.63) is 35.9 Å². The van der Waals surface area contributed by atoms with Crippen molar-refractivity contribution in [1.82, 2.24) is 4.90 Å². The van der Waals surface area contributed by atoms with E-state index in [0.717, 1.165) is 24.8 Å². The van der Waals surface area contributed by atoms with Gasteiger partial charge in [-0.05, 0) is 36.7 Å². The second-order valence-corrected chi connectivity index (χ2v) is 10.1. The largest absolute Gasteiger partial charge is 0.445 e. The maximum atomic E-state index is 12.7. The first-order chi connectivity index (χ1) is 11.9. The first-order valence-corrected chi connectivity index (χ1v) is 11.2. The molecule has 1 aromatic rings. The lowest BCUT2D eigenvalue weighted by molar-refractivity contribution is 0.0305. The van der Waals surface area contributed by atoms with E-state index in [0.29, 0.717) is 13.0 Å². The van der Waals surface area contributed by atoms with Crippen LogP contribution in [0.2, 0.25) is 0 Å². The zero-order valence-electron chi connectivity index (χ0n) is 14.2. The lowest BCUT2D eigenvalue weighted by Gasteiger charge is -2.44. The molecule has 0 radical (unpaired) electrons. The van der Waals surface area contributed by atoms with E-state index in [9.17, 15) is 13.2 Å².